The fraction of sp³-hybridized carbons (Fsp3) is 0.375. The van der Waals surface area contributed by atoms with E-state index in [1.165, 1.54) is 0 Å². The molecule has 21 heavy (non-hydrogen) atoms. The van der Waals surface area contributed by atoms with Crippen LogP contribution in [0.3, 0.4) is 0 Å². The van der Waals surface area contributed by atoms with Crippen LogP contribution in [0.5, 0.6) is 0 Å². The van der Waals surface area contributed by atoms with Gasteiger partial charge >= 0.3 is 11.9 Å². The molecule has 0 aliphatic rings. The molecule has 0 N–H and O–H groups in total. The van der Waals surface area contributed by atoms with Crippen LogP contribution in [0, 0.1) is 15.3 Å². The SMILES string of the molecule is CCOC(=O)C(C#CI)(Cc1ccccc1)C(=O)OCC. The minimum atomic E-state index is -1.62. The summed E-state index contributed by atoms with van der Waals surface area (Å²) in [6.45, 7) is 3.73. The quantitative estimate of drug-likeness (QED) is 0.319. The third kappa shape index (κ3) is 4.46. The standard InChI is InChI=1S/C16H17IO4/c1-3-20-14(18)16(10-11-17,15(19)21-4-2)12-13-8-6-5-7-9-13/h5-9H,3-4,12H2,1-2H3. The molecule has 0 heterocycles. The molecule has 0 radical (unpaired) electrons. The van der Waals surface area contributed by atoms with E-state index in [2.05, 4.69) is 9.85 Å². The van der Waals surface area contributed by atoms with E-state index in [-0.39, 0.29) is 19.6 Å². The lowest BCUT2D eigenvalue weighted by Gasteiger charge is -2.24. The Morgan fingerprint density at radius 2 is 1.62 bits per heavy atom. The minimum absolute atomic E-state index is 0.126. The van der Waals surface area contributed by atoms with E-state index in [1.54, 1.807) is 36.4 Å². The Bertz CT molecular complexity index is 524. The van der Waals surface area contributed by atoms with Crippen LogP contribution in [-0.4, -0.2) is 25.2 Å². The number of hydrogen-bond acceptors (Lipinski definition) is 4. The van der Waals surface area contributed by atoms with Gasteiger partial charge in [0.1, 0.15) is 0 Å². The number of carbonyl (C=O) groups is 2. The number of benzene rings is 1. The average molecular weight is 400 g/mol. The van der Waals surface area contributed by atoms with E-state index in [0.717, 1.165) is 5.56 Å². The van der Waals surface area contributed by atoms with Crippen molar-refractivity contribution in [2.75, 3.05) is 13.2 Å². The van der Waals surface area contributed by atoms with Crippen molar-refractivity contribution in [2.24, 2.45) is 5.41 Å². The zero-order valence-electron chi connectivity index (χ0n) is 12.0. The maximum absolute atomic E-state index is 12.3. The first-order valence-electron chi connectivity index (χ1n) is 6.61. The average Bonchev–Trinajstić information content (AvgIpc) is 2.48. The van der Waals surface area contributed by atoms with Crippen LogP contribution in [0.15, 0.2) is 30.3 Å². The van der Waals surface area contributed by atoms with E-state index in [1.807, 2.05) is 30.3 Å². The van der Waals surface area contributed by atoms with Gasteiger partial charge in [-0.1, -0.05) is 36.3 Å². The van der Waals surface area contributed by atoms with Gasteiger partial charge in [0, 0.05) is 29.0 Å². The lowest BCUT2D eigenvalue weighted by Crippen LogP contribution is -2.43. The Labute approximate surface area is 138 Å². The first-order chi connectivity index (χ1) is 10.1. The van der Waals surface area contributed by atoms with Crippen molar-refractivity contribution in [1.29, 1.82) is 0 Å². The molecule has 112 valence electrons. The monoisotopic (exact) mass is 400 g/mol. The number of hydrogen-bond donors (Lipinski definition) is 0. The largest absolute Gasteiger partial charge is 0.464 e. The lowest BCUT2D eigenvalue weighted by atomic mass is 9.82. The van der Waals surface area contributed by atoms with E-state index >= 15 is 0 Å². The normalized spacial score (nSPS) is 10.2. The summed E-state index contributed by atoms with van der Waals surface area (Å²) in [5.41, 5.74) is -0.799. The molecule has 0 fully saturated rings. The maximum Gasteiger partial charge on any atom is 0.336 e. The van der Waals surface area contributed by atoms with Crippen LogP contribution in [-0.2, 0) is 25.5 Å². The van der Waals surface area contributed by atoms with Crippen molar-refractivity contribution in [3.63, 3.8) is 0 Å². The van der Waals surface area contributed by atoms with Crippen molar-refractivity contribution in [1.82, 2.24) is 0 Å². The fourth-order valence-electron chi connectivity index (χ4n) is 1.87. The second kappa shape index (κ2) is 8.67. The molecular formula is C16H17IO4. The molecular weight excluding hydrogens is 383 g/mol. The maximum atomic E-state index is 12.3. The predicted octanol–water partition coefficient (Wildman–Crippen LogP) is 2.74. The molecule has 0 saturated heterocycles. The Morgan fingerprint density at radius 1 is 1.10 bits per heavy atom. The Kier molecular flexibility index (Phi) is 7.23. The van der Waals surface area contributed by atoms with Crippen molar-refractivity contribution < 1.29 is 19.1 Å². The van der Waals surface area contributed by atoms with Gasteiger partial charge < -0.3 is 9.47 Å². The van der Waals surface area contributed by atoms with Crippen LogP contribution in [0.2, 0.25) is 0 Å². The van der Waals surface area contributed by atoms with Gasteiger partial charge in [0.15, 0.2) is 0 Å². The van der Waals surface area contributed by atoms with Crippen molar-refractivity contribution >= 4 is 34.5 Å². The zero-order valence-corrected chi connectivity index (χ0v) is 14.2. The van der Waals surface area contributed by atoms with Gasteiger partial charge in [0.05, 0.1) is 13.2 Å². The number of ether oxygens (including phenoxy) is 2. The summed E-state index contributed by atoms with van der Waals surface area (Å²) in [5, 5.41) is 0. The lowest BCUT2D eigenvalue weighted by molar-refractivity contribution is -0.167. The molecule has 0 aliphatic heterocycles. The fourth-order valence-corrected chi connectivity index (χ4v) is 2.33. The van der Waals surface area contributed by atoms with Gasteiger partial charge in [-0.2, -0.15) is 0 Å². The minimum Gasteiger partial charge on any atom is -0.464 e. The van der Waals surface area contributed by atoms with E-state index in [9.17, 15) is 9.59 Å². The summed E-state index contributed by atoms with van der Waals surface area (Å²) in [5.74, 6) is 1.36. The summed E-state index contributed by atoms with van der Waals surface area (Å²) < 4.78 is 12.7. The number of carbonyl (C=O) groups excluding carboxylic acids is 2. The van der Waals surface area contributed by atoms with Crippen LogP contribution in [0.25, 0.3) is 0 Å². The van der Waals surface area contributed by atoms with Crippen LogP contribution in [0.1, 0.15) is 19.4 Å². The summed E-state index contributed by atoms with van der Waals surface area (Å²) in [6.07, 6.45) is 0.126. The highest BCUT2D eigenvalue weighted by Crippen LogP contribution is 2.27. The molecule has 1 aromatic carbocycles. The van der Waals surface area contributed by atoms with E-state index in [4.69, 9.17) is 9.47 Å². The Hall–Kier alpha value is -1.55. The van der Waals surface area contributed by atoms with Crippen LogP contribution in [0.4, 0.5) is 0 Å². The summed E-state index contributed by atoms with van der Waals surface area (Å²) in [7, 11) is 0. The first-order valence-corrected chi connectivity index (χ1v) is 7.69. The second-order valence-corrected chi connectivity index (χ2v) is 4.77. The highest BCUT2D eigenvalue weighted by molar-refractivity contribution is 14.1. The molecule has 5 heteroatoms. The van der Waals surface area contributed by atoms with Gasteiger partial charge in [-0.25, -0.2) is 9.59 Å². The molecule has 0 aromatic heterocycles. The molecule has 0 atom stereocenters. The Morgan fingerprint density at radius 3 is 2.05 bits per heavy atom. The first kappa shape index (κ1) is 17.5. The molecule has 0 saturated carbocycles. The van der Waals surface area contributed by atoms with E-state index in [0.29, 0.717) is 0 Å². The number of halogens is 1. The highest BCUT2D eigenvalue weighted by atomic mass is 127. The molecule has 0 aliphatic carbocycles. The molecule has 0 unspecified atom stereocenters. The summed E-state index contributed by atoms with van der Waals surface area (Å²) in [6, 6.07) is 9.22. The van der Waals surface area contributed by atoms with Gasteiger partial charge in [0.25, 0.3) is 0 Å². The van der Waals surface area contributed by atoms with Crippen molar-refractivity contribution in [3.05, 3.63) is 35.9 Å². The van der Waals surface area contributed by atoms with Gasteiger partial charge in [-0.3, -0.25) is 0 Å². The van der Waals surface area contributed by atoms with Crippen molar-refractivity contribution in [3.8, 4) is 9.85 Å². The molecule has 1 aromatic rings. The molecule has 4 nitrogen and oxygen atoms in total. The second-order valence-electron chi connectivity index (χ2n) is 4.23. The topological polar surface area (TPSA) is 52.6 Å². The highest BCUT2D eigenvalue weighted by Gasteiger charge is 2.48. The van der Waals surface area contributed by atoms with Crippen molar-refractivity contribution in [2.45, 2.75) is 20.3 Å². The van der Waals surface area contributed by atoms with Gasteiger partial charge in [-0.05, 0) is 23.3 Å². The van der Waals surface area contributed by atoms with Crippen LogP contribution < -0.4 is 0 Å². The summed E-state index contributed by atoms with van der Waals surface area (Å²) in [4.78, 5) is 24.7. The molecule has 0 bridgehead atoms. The predicted molar refractivity (Wildman–Crippen MR) is 87.6 cm³/mol. The third-order valence-corrected chi connectivity index (χ3v) is 3.09. The Balaban J connectivity index is 3.25. The van der Waals surface area contributed by atoms with Gasteiger partial charge in [-0.15, -0.1) is 0 Å². The molecule has 0 amide bonds. The number of rotatable bonds is 6. The number of esters is 2. The zero-order chi connectivity index (χ0) is 15.7. The smallest absolute Gasteiger partial charge is 0.336 e. The summed E-state index contributed by atoms with van der Waals surface area (Å²) >= 11 is 1.80. The molecule has 0 spiro atoms. The van der Waals surface area contributed by atoms with Gasteiger partial charge in [0.2, 0.25) is 5.41 Å². The van der Waals surface area contributed by atoms with E-state index < -0.39 is 17.4 Å². The molecule has 1 rings (SSSR count). The third-order valence-electron chi connectivity index (χ3n) is 2.82. The van der Waals surface area contributed by atoms with Crippen LogP contribution >= 0.6 is 22.6 Å².